The summed E-state index contributed by atoms with van der Waals surface area (Å²) in [6, 6.07) is 0. The van der Waals surface area contributed by atoms with Crippen molar-refractivity contribution >= 4 is 0 Å². The summed E-state index contributed by atoms with van der Waals surface area (Å²) in [6.07, 6.45) is 7.15. The van der Waals surface area contributed by atoms with E-state index in [9.17, 15) is 10.1 Å². The van der Waals surface area contributed by atoms with Crippen molar-refractivity contribution in [1.29, 1.82) is 0 Å². The van der Waals surface area contributed by atoms with Crippen LogP contribution >= 0.6 is 0 Å². The van der Waals surface area contributed by atoms with E-state index in [-0.39, 0.29) is 27.8 Å². The zero-order valence-corrected chi connectivity index (χ0v) is 13.5. The molecule has 4 fully saturated rings. The lowest BCUT2D eigenvalue weighted by atomic mass is 9.35. The van der Waals surface area contributed by atoms with Crippen molar-refractivity contribution < 1.29 is 9.92 Å². The fourth-order valence-corrected chi connectivity index (χ4v) is 7.32. The Morgan fingerprint density at radius 1 is 1.14 bits per heavy atom. The predicted molar refractivity (Wildman–Crippen MR) is 80.0 cm³/mol. The van der Waals surface area contributed by atoms with Crippen molar-refractivity contribution in [2.45, 2.75) is 71.8 Å². The van der Waals surface area contributed by atoms with Gasteiger partial charge in [0.2, 0.25) is 0 Å². The van der Waals surface area contributed by atoms with Crippen molar-refractivity contribution in [3.8, 4) is 0 Å². The lowest BCUT2D eigenvalue weighted by Crippen LogP contribution is -2.64. The molecule has 0 aromatic heterocycles. The van der Waals surface area contributed by atoms with E-state index in [4.69, 9.17) is 10.6 Å². The van der Waals surface area contributed by atoms with E-state index in [0.29, 0.717) is 13.0 Å². The topological polar surface area (TPSA) is 78.4 Å². The zero-order chi connectivity index (χ0) is 15.5. The van der Waals surface area contributed by atoms with Crippen LogP contribution in [-0.2, 0) is 4.84 Å². The zero-order valence-electron chi connectivity index (χ0n) is 13.5. The van der Waals surface area contributed by atoms with Crippen LogP contribution in [0.15, 0.2) is 0 Å². The van der Waals surface area contributed by atoms with Crippen LogP contribution in [0.25, 0.3) is 0 Å². The number of nitrogens with zero attached hydrogens (tertiary/aromatic N) is 1. The first kappa shape index (κ1) is 15.1. The Labute approximate surface area is 126 Å². The van der Waals surface area contributed by atoms with Gasteiger partial charge in [0.05, 0.1) is 0 Å². The number of hydrogen-bond acceptors (Lipinski definition) is 4. The molecule has 4 aliphatic rings. The third-order valence-corrected chi connectivity index (χ3v) is 6.44. The average Bonchev–Trinajstić information content (AvgIpc) is 2.31. The highest BCUT2D eigenvalue weighted by Crippen LogP contribution is 2.74. The molecular weight excluding hydrogens is 268 g/mol. The molecule has 0 amide bonds. The summed E-state index contributed by atoms with van der Waals surface area (Å²) in [5.41, 5.74) is 6.84. The molecule has 120 valence electrons. The van der Waals surface area contributed by atoms with Gasteiger partial charge in [-0.3, -0.25) is 0 Å². The SMILES string of the molecule is CCC(O[N+](=O)[O-])C12CC3(C)CC(C)(CC(CN)(C3)C1)C2. The van der Waals surface area contributed by atoms with E-state index < -0.39 is 5.09 Å². The van der Waals surface area contributed by atoms with E-state index >= 15 is 0 Å². The second kappa shape index (κ2) is 4.34. The Morgan fingerprint density at radius 2 is 1.71 bits per heavy atom. The largest absolute Gasteiger partial charge is 0.330 e. The second-order valence-electron chi connectivity index (χ2n) is 8.97. The molecule has 0 radical (unpaired) electrons. The van der Waals surface area contributed by atoms with Gasteiger partial charge >= 0.3 is 0 Å². The van der Waals surface area contributed by atoms with Gasteiger partial charge in [-0.1, -0.05) is 20.8 Å². The molecule has 4 saturated carbocycles. The van der Waals surface area contributed by atoms with Gasteiger partial charge in [0.15, 0.2) is 0 Å². The summed E-state index contributed by atoms with van der Waals surface area (Å²) in [6.45, 7) is 7.43. The number of nitrogens with two attached hydrogens (primary N) is 1. The predicted octanol–water partition coefficient (Wildman–Crippen LogP) is 3.30. The lowest BCUT2D eigenvalue weighted by molar-refractivity contribution is -0.774. The third kappa shape index (κ3) is 2.24. The molecule has 0 saturated heterocycles. The Morgan fingerprint density at radius 3 is 2.14 bits per heavy atom. The highest BCUT2D eigenvalue weighted by atomic mass is 17.0. The minimum atomic E-state index is -0.591. The molecule has 0 aromatic rings. The molecule has 4 bridgehead atoms. The van der Waals surface area contributed by atoms with Crippen LogP contribution < -0.4 is 5.73 Å². The van der Waals surface area contributed by atoms with Gasteiger partial charge in [-0.25, -0.2) is 0 Å². The van der Waals surface area contributed by atoms with Gasteiger partial charge in [-0.05, 0) is 73.2 Å². The third-order valence-electron chi connectivity index (χ3n) is 6.44. The average molecular weight is 296 g/mol. The lowest BCUT2D eigenvalue weighted by Gasteiger charge is -2.70. The molecular formula is C16H28N2O3. The highest BCUT2D eigenvalue weighted by Gasteiger charge is 2.67. The Hall–Kier alpha value is -0.840. The quantitative estimate of drug-likeness (QED) is 0.623. The van der Waals surface area contributed by atoms with Crippen LogP contribution in [0.2, 0.25) is 0 Å². The van der Waals surface area contributed by atoms with Crippen LogP contribution in [0.3, 0.4) is 0 Å². The first-order valence-electron chi connectivity index (χ1n) is 8.19. The maximum absolute atomic E-state index is 10.9. The van der Waals surface area contributed by atoms with Crippen LogP contribution in [0.4, 0.5) is 0 Å². The molecule has 2 N–H and O–H groups in total. The van der Waals surface area contributed by atoms with Crippen molar-refractivity contribution in [2.24, 2.45) is 27.4 Å². The van der Waals surface area contributed by atoms with Crippen LogP contribution in [0.5, 0.6) is 0 Å². The van der Waals surface area contributed by atoms with Gasteiger partial charge < -0.3 is 10.6 Å². The fraction of sp³-hybridized carbons (Fsp3) is 1.00. The molecule has 0 spiro atoms. The summed E-state index contributed by atoms with van der Waals surface area (Å²) in [4.78, 5) is 16.1. The van der Waals surface area contributed by atoms with E-state index in [1.807, 2.05) is 6.92 Å². The smallest absolute Gasteiger partial charge is 0.294 e. The molecule has 4 aliphatic carbocycles. The maximum atomic E-state index is 10.9. The summed E-state index contributed by atoms with van der Waals surface area (Å²) in [7, 11) is 0. The van der Waals surface area contributed by atoms with E-state index in [1.165, 1.54) is 19.3 Å². The molecule has 0 aromatic carbocycles. The molecule has 0 heterocycles. The maximum Gasteiger partial charge on any atom is 0.294 e. The first-order valence-corrected chi connectivity index (χ1v) is 8.19. The molecule has 5 nitrogen and oxygen atoms in total. The summed E-state index contributed by atoms with van der Waals surface area (Å²) >= 11 is 0. The van der Waals surface area contributed by atoms with Crippen molar-refractivity contribution in [1.82, 2.24) is 0 Å². The highest BCUT2D eigenvalue weighted by molar-refractivity contribution is 5.17. The van der Waals surface area contributed by atoms with E-state index in [2.05, 4.69) is 13.8 Å². The Balaban J connectivity index is 2.00. The summed E-state index contributed by atoms with van der Waals surface area (Å²) in [5, 5.41) is 10.3. The van der Waals surface area contributed by atoms with Gasteiger partial charge in [-0.2, -0.15) is 0 Å². The number of hydrogen-bond donors (Lipinski definition) is 1. The van der Waals surface area contributed by atoms with Gasteiger partial charge in [-0.15, -0.1) is 10.1 Å². The van der Waals surface area contributed by atoms with Crippen molar-refractivity contribution in [2.75, 3.05) is 6.54 Å². The van der Waals surface area contributed by atoms with Crippen LogP contribution in [-0.4, -0.2) is 17.7 Å². The molecule has 3 unspecified atom stereocenters. The molecule has 21 heavy (non-hydrogen) atoms. The van der Waals surface area contributed by atoms with Gasteiger partial charge in [0, 0.05) is 0 Å². The van der Waals surface area contributed by atoms with E-state index in [0.717, 1.165) is 19.3 Å². The second-order valence-corrected chi connectivity index (χ2v) is 8.97. The Bertz CT molecular complexity index is 446. The minimum Gasteiger partial charge on any atom is -0.330 e. The molecule has 3 atom stereocenters. The van der Waals surface area contributed by atoms with E-state index in [1.54, 1.807) is 0 Å². The van der Waals surface area contributed by atoms with Gasteiger partial charge in [0.25, 0.3) is 5.09 Å². The molecule has 5 heteroatoms. The summed E-state index contributed by atoms with van der Waals surface area (Å²) in [5.74, 6) is 0. The molecule has 4 rings (SSSR count). The Kier molecular flexibility index (Phi) is 3.11. The monoisotopic (exact) mass is 296 g/mol. The first-order chi connectivity index (χ1) is 9.68. The van der Waals surface area contributed by atoms with Crippen LogP contribution in [0.1, 0.15) is 65.7 Å². The van der Waals surface area contributed by atoms with Crippen LogP contribution in [0, 0.1) is 31.8 Å². The number of rotatable bonds is 5. The normalized spacial score (nSPS) is 49.1. The summed E-state index contributed by atoms with van der Waals surface area (Å²) < 4.78 is 0. The van der Waals surface area contributed by atoms with Crippen molar-refractivity contribution in [3.05, 3.63) is 10.1 Å². The standard InChI is InChI=1S/C16H28N2O3/c1-4-12(21-18(19)20)16-8-13(2)5-14(3,9-16)7-15(6-13,10-16)11-17/h12H,4-11,17H2,1-3H3. The van der Waals surface area contributed by atoms with Gasteiger partial charge in [0.1, 0.15) is 6.10 Å². The van der Waals surface area contributed by atoms with Crippen molar-refractivity contribution in [3.63, 3.8) is 0 Å². The fourth-order valence-electron chi connectivity index (χ4n) is 7.32. The molecule has 0 aliphatic heterocycles. The minimum absolute atomic E-state index is 0.0561.